The van der Waals surface area contributed by atoms with Crippen LogP contribution < -0.4 is 11.1 Å². The first kappa shape index (κ1) is 14.4. The summed E-state index contributed by atoms with van der Waals surface area (Å²) in [7, 11) is 0. The second-order valence-electron chi connectivity index (χ2n) is 4.46. The second kappa shape index (κ2) is 5.96. The van der Waals surface area contributed by atoms with E-state index in [0.717, 1.165) is 22.9 Å². The molecule has 0 saturated carbocycles. The Hall–Kier alpha value is -2.01. The first-order chi connectivity index (χ1) is 9.49. The van der Waals surface area contributed by atoms with Gasteiger partial charge in [0.2, 0.25) is 0 Å². The summed E-state index contributed by atoms with van der Waals surface area (Å²) in [5.74, 6) is -1.71. The standard InChI is InChI=1S/C15H14F2N2S/c1-9-3-2-4-11(15(18)20)14(9)19-8-10-5-6-12(16)13(17)7-10/h2-7,19H,8H2,1H3,(H2,18,20). The number of rotatable bonds is 4. The molecule has 2 rings (SSSR count). The number of halogens is 2. The molecule has 0 aliphatic rings. The lowest BCUT2D eigenvalue weighted by atomic mass is 10.1. The van der Waals surface area contributed by atoms with Crippen molar-refractivity contribution >= 4 is 22.9 Å². The summed E-state index contributed by atoms with van der Waals surface area (Å²) >= 11 is 5.01. The maximum atomic E-state index is 13.1. The topological polar surface area (TPSA) is 38.0 Å². The molecule has 2 aromatic rings. The maximum Gasteiger partial charge on any atom is 0.159 e. The van der Waals surface area contributed by atoms with Gasteiger partial charge >= 0.3 is 0 Å². The second-order valence-corrected chi connectivity index (χ2v) is 4.90. The van der Waals surface area contributed by atoms with Gasteiger partial charge in [-0.05, 0) is 36.2 Å². The van der Waals surface area contributed by atoms with Crippen LogP contribution in [-0.4, -0.2) is 4.99 Å². The summed E-state index contributed by atoms with van der Waals surface area (Å²) in [6.45, 7) is 2.28. The van der Waals surface area contributed by atoms with E-state index in [0.29, 0.717) is 17.1 Å². The van der Waals surface area contributed by atoms with Crippen molar-refractivity contribution < 1.29 is 8.78 Å². The van der Waals surface area contributed by atoms with E-state index in [1.54, 1.807) is 0 Å². The van der Waals surface area contributed by atoms with Crippen LogP contribution in [0.4, 0.5) is 14.5 Å². The zero-order valence-corrected chi connectivity index (χ0v) is 11.7. The van der Waals surface area contributed by atoms with Crippen LogP contribution in [-0.2, 0) is 6.54 Å². The minimum Gasteiger partial charge on any atom is -0.389 e. The van der Waals surface area contributed by atoms with Crippen molar-refractivity contribution in [1.82, 2.24) is 0 Å². The summed E-state index contributed by atoms with van der Waals surface area (Å²) < 4.78 is 26.0. The van der Waals surface area contributed by atoms with E-state index in [2.05, 4.69) is 5.32 Å². The van der Waals surface area contributed by atoms with Gasteiger partial charge in [0.15, 0.2) is 11.6 Å². The van der Waals surface area contributed by atoms with Crippen LogP contribution in [0, 0.1) is 18.6 Å². The number of hydrogen-bond donors (Lipinski definition) is 2. The van der Waals surface area contributed by atoms with Gasteiger partial charge in [-0.3, -0.25) is 0 Å². The van der Waals surface area contributed by atoms with Gasteiger partial charge in [0, 0.05) is 17.8 Å². The number of nitrogens with two attached hydrogens (primary N) is 1. The number of aryl methyl sites for hydroxylation is 1. The lowest BCUT2D eigenvalue weighted by Gasteiger charge is -2.14. The Balaban J connectivity index is 2.22. The molecule has 0 unspecified atom stereocenters. The van der Waals surface area contributed by atoms with Crippen LogP contribution in [0.3, 0.4) is 0 Å². The van der Waals surface area contributed by atoms with Crippen LogP contribution in [0.25, 0.3) is 0 Å². The zero-order chi connectivity index (χ0) is 14.7. The first-order valence-corrected chi connectivity index (χ1v) is 6.47. The van der Waals surface area contributed by atoms with Gasteiger partial charge in [0.25, 0.3) is 0 Å². The maximum absolute atomic E-state index is 13.1. The molecular formula is C15H14F2N2S. The lowest BCUT2D eigenvalue weighted by Crippen LogP contribution is -2.14. The van der Waals surface area contributed by atoms with Crippen molar-refractivity contribution in [3.63, 3.8) is 0 Å². The minimum absolute atomic E-state index is 0.293. The van der Waals surface area contributed by atoms with Crippen LogP contribution >= 0.6 is 12.2 Å². The van der Waals surface area contributed by atoms with E-state index >= 15 is 0 Å². The number of thiocarbonyl (C=S) groups is 1. The summed E-state index contributed by atoms with van der Waals surface area (Å²) in [5, 5.41) is 3.17. The van der Waals surface area contributed by atoms with Crippen molar-refractivity contribution in [3.8, 4) is 0 Å². The van der Waals surface area contributed by atoms with E-state index in [1.165, 1.54) is 12.1 Å². The molecule has 0 fully saturated rings. The van der Waals surface area contributed by atoms with Crippen LogP contribution in [0.1, 0.15) is 16.7 Å². The monoisotopic (exact) mass is 292 g/mol. The predicted octanol–water partition coefficient (Wildman–Crippen LogP) is 3.52. The van der Waals surface area contributed by atoms with Gasteiger partial charge in [0.1, 0.15) is 4.99 Å². The Bertz CT molecular complexity index is 656. The number of anilines is 1. The molecule has 0 saturated heterocycles. The summed E-state index contributed by atoms with van der Waals surface area (Å²) in [5.41, 5.74) is 8.85. The normalized spacial score (nSPS) is 10.3. The number of hydrogen-bond acceptors (Lipinski definition) is 2. The molecule has 104 valence electrons. The Morgan fingerprint density at radius 3 is 2.60 bits per heavy atom. The largest absolute Gasteiger partial charge is 0.389 e. The molecule has 5 heteroatoms. The fourth-order valence-corrected chi connectivity index (χ4v) is 2.12. The fourth-order valence-electron chi connectivity index (χ4n) is 1.95. The van der Waals surface area contributed by atoms with Crippen molar-refractivity contribution in [2.75, 3.05) is 5.32 Å². The van der Waals surface area contributed by atoms with Gasteiger partial charge in [-0.25, -0.2) is 8.78 Å². The SMILES string of the molecule is Cc1cccc(C(N)=S)c1NCc1ccc(F)c(F)c1. The predicted molar refractivity (Wildman–Crippen MR) is 80.8 cm³/mol. The molecule has 0 radical (unpaired) electrons. The molecule has 0 amide bonds. The van der Waals surface area contributed by atoms with Gasteiger partial charge in [-0.2, -0.15) is 0 Å². The van der Waals surface area contributed by atoms with Crippen LogP contribution in [0.2, 0.25) is 0 Å². The van der Waals surface area contributed by atoms with E-state index in [4.69, 9.17) is 18.0 Å². The van der Waals surface area contributed by atoms with Crippen molar-refractivity contribution in [1.29, 1.82) is 0 Å². The molecule has 0 aromatic heterocycles. The van der Waals surface area contributed by atoms with E-state index in [9.17, 15) is 8.78 Å². The van der Waals surface area contributed by atoms with Gasteiger partial charge in [0.05, 0.1) is 0 Å². The highest BCUT2D eigenvalue weighted by atomic mass is 32.1. The first-order valence-electron chi connectivity index (χ1n) is 6.06. The number of benzene rings is 2. The van der Waals surface area contributed by atoms with Gasteiger partial charge < -0.3 is 11.1 Å². The molecule has 0 aliphatic carbocycles. The third kappa shape index (κ3) is 3.11. The summed E-state index contributed by atoms with van der Waals surface area (Å²) in [6, 6.07) is 9.43. The summed E-state index contributed by atoms with van der Waals surface area (Å²) in [4.78, 5) is 0.293. The van der Waals surface area contributed by atoms with E-state index < -0.39 is 11.6 Å². The fraction of sp³-hybridized carbons (Fsp3) is 0.133. The molecule has 2 aromatic carbocycles. The highest BCUT2D eigenvalue weighted by Gasteiger charge is 2.08. The molecule has 0 heterocycles. The number of nitrogens with one attached hydrogen (secondary N) is 1. The molecule has 0 atom stereocenters. The minimum atomic E-state index is -0.858. The molecule has 0 spiro atoms. The molecule has 0 bridgehead atoms. The highest BCUT2D eigenvalue weighted by molar-refractivity contribution is 7.80. The van der Waals surface area contributed by atoms with Crippen molar-refractivity contribution in [3.05, 3.63) is 64.7 Å². The molecule has 3 N–H and O–H groups in total. The highest BCUT2D eigenvalue weighted by Crippen LogP contribution is 2.21. The quantitative estimate of drug-likeness (QED) is 0.847. The Kier molecular flexibility index (Phi) is 4.29. The Labute approximate surface area is 121 Å². The molecule has 0 aliphatic heterocycles. The van der Waals surface area contributed by atoms with Gasteiger partial charge in [-0.15, -0.1) is 0 Å². The van der Waals surface area contributed by atoms with Crippen molar-refractivity contribution in [2.24, 2.45) is 5.73 Å². The number of para-hydroxylation sites is 1. The van der Waals surface area contributed by atoms with E-state index in [-0.39, 0.29) is 0 Å². The molecular weight excluding hydrogens is 278 g/mol. The van der Waals surface area contributed by atoms with Crippen molar-refractivity contribution in [2.45, 2.75) is 13.5 Å². The Morgan fingerprint density at radius 2 is 1.95 bits per heavy atom. The Morgan fingerprint density at radius 1 is 1.20 bits per heavy atom. The van der Waals surface area contributed by atoms with Crippen LogP contribution in [0.15, 0.2) is 36.4 Å². The van der Waals surface area contributed by atoms with Crippen LogP contribution in [0.5, 0.6) is 0 Å². The summed E-state index contributed by atoms with van der Waals surface area (Å²) in [6.07, 6.45) is 0. The average molecular weight is 292 g/mol. The zero-order valence-electron chi connectivity index (χ0n) is 10.9. The molecule has 2 nitrogen and oxygen atoms in total. The third-order valence-electron chi connectivity index (χ3n) is 2.99. The smallest absolute Gasteiger partial charge is 0.159 e. The van der Waals surface area contributed by atoms with E-state index in [1.807, 2.05) is 25.1 Å². The lowest BCUT2D eigenvalue weighted by molar-refractivity contribution is 0.507. The average Bonchev–Trinajstić information content (AvgIpc) is 2.40. The van der Waals surface area contributed by atoms with Gasteiger partial charge in [-0.1, -0.05) is 30.4 Å². The third-order valence-corrected chi connectivity index (χ3v) is 3.21. The molecule has 20 heavy (non-hydrogen) atoms.